The van der Waals surface area contributed by atoms with Crippen LogP contribution in [-0.2, 0) is 16.1 Å². The Morgan fingerprint density at radius 3 is 2.58 bits per heavy atom. The van der Waals surface area contributed by atoms with E-state index in [-0.39, 0.29) is 30.1 Å². The smallest absolute Gasteiger partial charge is 0.261 e. The molecule has 11 nitrogen and oxygen atoms in total. The highest BCUT2D eigenvalue weighted by Crippen LogP contribution is 2.22. The Hall–Kier alpha value is -4.64. The van der Waals surface area contributed by atoms with Gasteiger partial charge in [-0.05, 0) is 29.8 Å². The van der Waals surface area contributed by atoms with Crippen molar-refractivity contribution in [3.05, 3.63) is 90.1 Å². The van der Waals surface area contributed by atoms with Gasteiger partial charge in [0.2, 0.25) is 11.9 Å². The maximum Gasteiger partial charge on any atom is 0.261 e. The number of carbonyl (C=O) groups excluding carboxylic acids is 2. The molecule has 1 aliphatic heterocycles. The third kappa shape index (κ3) is 6.49. The number of amides is 2. The number of aromatic nitrogens is 4. The average Bonchev–Trinajstić information content (AvgIpc) is 3.54. The number of rotatable bonds is 9. The van der Waals surface area contributed by atoms with Crippen molar-refractivity contribution >= 4 is 29.2 Å². The SMILES string of the molecule is COc1ccc(CNC(=O)C2CN(c3cc(Cl)nc(-n4ccnc4)n3)CCN2C(=O)COc2ccccc2)cc1. The summed E-state index contributed by atoms with van der Waals surface area (Å²) in [7, 11) is 1.60. The van der Waals surface area contributed by atoms with Crippen LogP contribution in [0.2, 0.25) is 5.15 Å². The number of halogens is 1. The molecule has 1 atom stereocenters. The topological polar surface area (TPSA) is 115 Å². The first-order valence-electron chi connectivity index (χ1n) is 12.7. The van der Waals surface area contributed by atoms with Gasteiger partial charge in [0.15, 0.2) is 6.61 Å². The van der Waals surface area contributed by atoms with Crippen molar-refractivity contribution in [2.45, 2.75) is 12.6 Å². The van der Waals surface area contributed by atoms with Crippen molar-refractivity contribution in [1.82, 2.24) is 29.7 Å². The number of hydrogen-bond acceptors (Lipinski definition) is 8. The molecule has 0 saturated carbocycles. The molecule has 0 bridgehead atoms. The number of methoxy groups -OCH3 is 1. The highest BCUT2D eigenvalue weighted by Gasteiger charge is 2.36. The summed E-state index contributed by atoms with van der Waals surface area (Å²) in [5, 5.41) is 3.22. The molecule has 0 radical (unpaired) electrons. The number of carbonyl (C=O) groups is 2. The number of hydrogen-bond donors (Lipinski definition) is 1. The van der Waals surface area contributed by atoms with Gasteiger partial charge in [-0.3, -0.25) is 14.2 Å². The highest BCUT2D eigenvalue weighted by atomic mass is 35.5. The second-order valence-corrected chi connectivity index (χ2v) is 9.42. The van der Waals surface area contributed by atoms with Crippen LogP contribution >= 0.6 is 11.6 Å². The monoisotopic (exact) mass is 561 g/mol. The van der Waals surface area contributed by atoms with Crippen LogP contribution in [-0.4, -0.2) is 75.6 Å². The second kappa shape index (κ2) is 12.5. The van der Waals surface area contributed by atoms with Crippen LogP contribution < -0.4 is 19.7 Å². The molecule has 1 aliphatic rings. The maximum absolute atomic E-state index is 13.5. The van der Waals surface area contributed by atoms with Gasteiger partial charge in [0.05, 0.1) is 7.11 Å². The van der Waals surface area contributed by atoms with Gasteiger partial charge in [0, 0.05) is 44.6 Å². The number of nitrogens with one attached hydrogen (secondary N) is 1. The number of ether oxygens (including phenoxy) is 2. The zero-order valence-corrected chi connectivity index (χ0v) is 22.6. The summed E-state index contributed by atoms with van der Waals surface area (Å²) in [6.07, 6.45) is 4.91. The van der Waals surface area contributed by atoms with Gasteiger partial charge < -0.3 is 24.6 Å². The number of benzene rings is 2. The molecule has 2 aromatic carbocycles. The second-order valence-electron chi connectivity index (χ2n) is 9.04. The number of imidazole rings is 1. The molecule has 5 rings (SSSR count). The molecule has 0 aliphatic carbocycles. The average molecular weight is 562 g/mol. The molecule has 206 valence electrons. The molecule has 40 heavy (non-hydrogen) atoms. The van der Waals surface area contributed by atoms with E-state index in [0.29, 0.717) is 37.1 Å². The molecule has 1 saturated heterocycles. The van der Waals surface area contributed by atoms with Crippen LogP contribution in [0.4, 0.5) is 5.82 Å². The molecule has 1 N–H and O–H groups in total. The predicted octanol–water partition coefficient (Wildman–Crippen LogP) is 2.74. The number of piperazine rings is 1. The van der Waals surface area contributed by atoms with Crippen molar-refractivity contribution in [3.63, 3.8) is 0 Å². The van der Waals surface area contributed by atoms with E-state index in [2.05, 4.69) is 20.3 Å². The van der Waals surface area contributed by atoms with E-state index >= 15 is 0 Å². The zero-order chi connectivity index (χ0) is 27.9. The third-order valence-electron chi connectivity index (χ3n) is 6.46. The van der Waals surface area contributed by atoms with Gasteiger partial charge in [-0.15, -0.1) is 0 Å². The van der Waals surface area contributed by atoms with Crippen molar-refractivity contribution in [2.75, 3.05) is 38.3 Å². The van der Waals surface area contributed by atoms with Crippen LogP contribution in [0.25, 0.3) is 5.95 Å². The predicted molar refractivity (Wildman–Crippen MR) is 149 cm³/mol. The summed E-state index contributed by atoms with van der Waals surface area (Å²) in [5.74, 6) is 1.64. The lowest BCUT2D eigenvalue weighted by atomic mass is 10.1. The van der Waals surface area contributed by atoms with Gasteiger partial charge in [-0.1, -0.05) is 41.9 Å². The van der Waals surface area contributed by atoms with Crippen LogP contribution in [0.3, 0.4) is 0 Å². The van der Waals surface area contributed by atoms with E-state index < -0.39 is 6.04 Å². The first kappa shape index (κ1) is 26.9. The summed E-state index contributed by atoms with van der Waals surface area (Å²) < 4.78 is 12.5. The Bertz CT molecular complexity index is 1440. The first-order chi connectivity index (χ1) is 19.5. The molecule has 1 unspecified atom stereocenters. The lowest BCUT2D eigenvalue weighted by Crippen LogP contribution is -2.61. The highest BCUT2D eigenvalue weighted by molar-refractivity contribution is 6.29. The van der Waals surface area contributed by atoms with E-state index in [4.69, 9.17) is 21.1 Å². The molecule has 3 heterocycles. The van der Waals surface area contributed by atoms with Gasteiger partial charge in [-0.25, -0.2) is 9.97 Å². The van der Waals surface area contributed by atoms with Crippen LogP contribution in [0.5, 0.6) is 11.5 Å². The Morgan fingerprint density at radius 2 is 1.85 bits per heavy atom. The molecular formula is C28H28ClN7O4. The molecule has 2 aromatic heterocycles. The molecule has 1 fully saturated rings. The van der Waals surface area contributed by atoms with E-state index in [1.807, 2.05) is 47.4 Å². The zero-order valence-electron chi connectivity index (χ0n) is 21.8. The number of anilines is 1. The summed E-state index contributed by atoms with van der Waals surface area (Å²) in [6, 6.07) is 17.4. The Kier molecular flexibility index (Phi) is 8.41. The van der Waals surface area contributed by atoms with Crippen molar-refractivity contribution in [3.8, 4) is 17.4 Å². The number of para-hydroxylation sites is 1. The minimum Gasteiger partial charge on any atom is -0.497 e. The van der Waals surface area contributed by atoms with Gasteiger partial charge in [0.25, 0.3) is 5.91 Å². The standard InChI is InChI=1S/C28H28ClN7O4/c1-39-21-9-7-20(8-10-21)16-31-27(38)23-17-34(25-15-24(29)32-28(33-25)35-12-11-30-19-35)13-14-36(23)26(37)18-40-22-5-3-2-4-6-22/h2-12,15,19,23H,13-14,16-18H2,1H3,(H,31,38). The minimum atomic E-state index is -0.788. The van der Waals surface area contributed by atoms with E-state index in [1.54, 1.807) is 53.5 Å². The summed E-state index contributed by atoms with van der Waals surface area (Å²) in [5.41, 5.74) is 0.902. The first-order valence-corrected chi connectivity index (χ1v) is 13.0. The van der Waals surface area contributed by atoms with Gasteiger partial charge in [0.1, 0.15) is 34.8 Å². The number of nitrogens with zero attached hydrogens (tertiary/aromatic N) is 6. The fraction of sp³-hybridized carbons (Fsp3) is 0.250. The van der Waals surface area contributed by atoms with E-state index in [0.717, 1.165) is 11.3 Å². The largest absolute Gasteiger partial charge is 0.497 e. The van der Waals surface area contributed by atoms with Crippen LogP contribution in [0, 0.1) is 0 Å². The Morgan fingerprint density at radius 1 is 1.05 bits per heavy atom. The Balaban J connectivity index is 1.33. The quantitative estimate of drug-likeness (QED) is 0.310. The molecular weight excluding hydrogens is 534 g/mol. The fourth-order valence-corrected chi connectivity index (χ4v) is 4.53. The van der Waals surface area contributed by atoms with Crippen LogP contribution in [0.1, 0.15) is 5.56 Å². The summed E-state index contributed by atoms with van der Waals surface area (Å²) in [4.78, 5) is 43.2. The van der Waals surface area contributed by atoms with Gasteiger partial charge in [-0.2, -0.15) is 4.98 Å². The van der Waals surface area contributed by atoms with E-state index in [9.17, 15) is 9.59 Å². The lowest BCUT2D eigenvalue weighted by Gasteiger charge is -2.41. The third-order valence-corrected chi connectivity index (χ3v) is 6.66. The normalized spacial score (nSPS) is 15.0. The van der Waals surface area contributed by atoms with Crippen molar-refractivity contribution in [2.24, 2.45) is 0 Å². The molecule has 4 aromatic rings. The molecule has 12 heteroatoms. The summed E-state index contributed by atoms with van der Waals surface area (Å²) >= 11 is 6.32. The fourth-order valence-electron chi connectivity index (χ4n) is 4.36. The Labute approximate surface area is 236 Å². The van der Waals surface area contributed by atoms with Gasteiger partial charge >= 0.3 is 0 Å². The molecule has 2 amide bonds. The van der Waals surface area contributed by atoms with Crippen molar-refractivity contribution < 1.29 is 19.1 Å². The van der Waals surface area contributed by atoms with Crippen molar-refractivity contribution in [1.29, 1.82) is 0 Å². The maximum atomic E-state index is 13.5. The van der Waals surface area contributed by atoms with E-state index in [1.165, 1.54) is 0 Å². The minimum absolute atomic E-state index is 0.184. The summed E-state index contributed by atoms with van der Waals surface area (Å²) in [6.45, 7) is 1.06. The van der Waals surface area contributed by atoms with Crippen LogP contribution in [0.15, 0.2) is 79.4 Å². The lowest BCUT2D eigenvalue weighted by molar-refractivity contribution is -0.142. The molecule has 0 spiro atoms.